The van der Waals surface area contributed by atoms with Crippen LogP contribution in [0.5, 0.6) is 0 Å². The van der Waals surface area contributed by atoms with E-state index in [1.54, 1.807) is 0 Å². The van der Waals surface area contributed by atoms with Gasteiger partial charge in [-0.15, -0.1) is 0 Å². The molecule has 1 nitrogen and oxygen atoms in total. The third-order valence-corrected chi connectivity index (χ3v) is 5.17. The Bertz CT molecular complexity index is 366. The van der Waals surface area contributed by atoms with Crippen LogP contribution in [-0.4, -0.2) is 5.78 Å². The van der Waals surface area contributed by atoms with Crippen molar-refractivity contribution in [2.75, 3.05) is 0 Å². The highest BCUT2D eigenvalue weighted by Gasteiger charge is 2.57. The van der Waals surface area contributed by atoms with Gasteiger partial charge in [0.15, 0.2) is 0 Å². The SMILES string of the molecule is CC[C@@H]1C[C@@]2(C)CC(C)=C(C)C[C@]1(C)C2=O. The number of rotatable bonds is 1. The first-order valence-electron chi connectivity index (χ1n) is 6.53. The van der Waals surface area contributed by atoms with Gasteiger partial charge in [-0.25, -0.2) is 0 Å². The highest BCUT2D eigenvalue weighted by molar-refractivity contribution is 5.93. The first kappa shape index (κ1) is 11.9. The lowest BCUT2D eigenvalue weighted by Crippen LogP contribution is -2.32. The molecule has 2 aliphatic carbocycles. The summed E-state index contributed by atoms with van der Waals surface area (Å²) in [6.45, 7) is 11.0. The number of fused-ring (bicyclic) bond motifs is 2. The first-order chi connectivity index (χ1) is 7.33. The molecule has 0 aromatic rings. The lowest BCUT2D eigenvalue weighted by atomic mass is 9.73. The fourth-order valence-corrected chi connectivity index (χ4v) is 4.15. The molecule has 16 heavy (non-hydrogen) atoms. The minimum absolute atomic E-state index is 0.0722. The molecule has 1 heteroatoms. The third kappa shape index (κ3) is 1.40. The number of Topliss-reactive ketones (excluding diaryl/α,β-unsaturated/α-hetero) is 1. The average molecular weight is 220 g/mol. The number of carbonyl (C=O) groups is 1. The van der Waals surface area contributed by atoms with Gasteiger partial charge in [0, 0.05) is 10.8 Å². The fraction of sp³-hybridized carbons (Fsp3) is 0.800. The maximum Gasteiger partial charge on any atom is 0.145 e. The summed E-state index contributed by atoms with van der Waals surface area (Å²) in [7, 11) is 0. The Morgan fingerprint density at radius 3 is 2.31 bits per heavy atom. The van der Waals surface area contributed by atoms with Crippen molar-refractivity contribution in [2.45, 2.75) is 60.3 Å². The van der Waals surface area contributed by atoms with Crippen molar-refractivity contribution >= 4 is 5.78 Å². The van der Waals surface area contributed by atoms with E-state index in [4.69, 9.17) is 0 Å². The molecular formula is C15H24O. The molecule has 0 aliphatic heterocycles. The van der Waals surface area contributed by atoms with Gasteiger partial charge in [-0.3, -0.25) is 4.79 Å². The molecule has 1 saturated carbocycles. The monoisotopic (exact) mass is 220 g/mol. The van der Waals surface area contributed by atoms with Gasteiger partial charge >= 0.3 is 0 Å². The number of hydrogen-bond acceptors (Lipinski definition) is 1. The summed E-state index contributed by atoms with van der Waals surface area (Å²) < 4.78 is 0. The normalized spacial score (nSPS) is 43.8. The van der Waals surface area contributed by atoms with E-state index < -0.39 is 0 Å². The van der Waals surface area contributed by atoms with E-state index in [0.717, 1.165) is 25.7 Å². The Balaban J connectivity index is 2.51. The maximum atomic E-state index is 12.7. The van der Waals surface area contributed by atoms with Crippen molar-refractivity contribution in [2.24, 2.45) is 16.7 Å². The van der Waals surface area contributed by atoms with E-state index in [1.165, 1.54) is 11.1 Å². The summed E-state index contributed by atoms with van der Waals surface area (Å²) in [6.07, 6.45) is 4.23. The summed E-state index contributed by atoms with van der Waals surface area (Å²) in [4.78, 5) is 12.7. The predicted molar refractivity (Wildman–Crippen MR) is 67.2 cm³/mol. The minimum Gasteiger partial charge on any atom is -0.298 e. The average Bonchev–Trinajstić information content (AvgIpc) is 2.36. The number of ketones is 1. The van der Waals surface area contributed by atoms with Crippen molar-refractivity contribution < 1.29 is 4.79 Å². The zero-order valence-electron chi connectivity index (χ0n) is 11.3. The largest absolute Gasteiger partial charge is 0.298 e. The summed E-state index contributed by atoms with van der Waals surface area (Å²) in [6, 6.07) is 0. The first-order valence-corrected chi connectivity index (χ1v) is 6.53. The molecule has 0 N–H and O–H groups in total. The molecule has 0 aromatic carbocycles. The van der Waals surface area contributed by atoms with Gasteiger partial charge in [-0.1, -0.05) is 38.3 Å². The molecule has 2 rings (SSSR count). The van der Waals surface area contributed by atoms with Crippen molar-refractivity contribution in [1.29, 1.82) is 0 Å². The Morgan fingerprint density at radius 1 is 1.19 bits per heavy atom. The second-order valence-electron chi connectivity index (χ2n) is 6.53. The van der Waals surface area contributed by atoms with Crippen molar-refractivity contribution in [3.8, 4) is 0 Å². The van der Waals surface area contributed by atoms with Crippen LogP contribution in [0, 0.1) is 16.7 Å². The molecule has 90 valence electrons. The Kier molecular flexibility index (Phi) is 2.56. The molecule has 0 amide bonds. The zero-order valence-corrected chi connectivity index (χ0v) is 11.3. The molecular weight excluding hydrogens is 196 g/mol. The highest BCUT2D eigenvalue weighted by atomic mass is 16.1. The highest BCUT2D eigenvalue weighted by Crippen LogP contribution is 2.58. The number of hydrogen-bond donors (Lipinski definition) is 0. The minimum atomic E-state index is -0.0780. The van der Waals surface area contributed by atoms with Gasteiger partial charge in [-0.05, 0) is 39.0 Å². The third-order valence-electron chi connectivity index (χ3n) is 5.17. The Hall–Kier alpha value is -0.590. The summed E-state index contributed by atoms with van der Waals surface area (Å²) in [5.74, 6) is 1.12. The van der Waals surface area contributed by atoms with Crippen LogP contribution < -0.4 is 0 Å². The molecule has 3 atom stereocenters. The zero-order chi connectivity index (χ0) is 12.1. The molecule has 2 bridgehead atoms. The molecule has 0 unspecified atom stereocenters. The van der Waals surface area contributed by atoms with Crippen LogP contribution in [-0.2, 0) is 4.79 Å². The fourth-order valence-electron chi connectivity index (χ4n) is 4.15. The summed E-state index contributed by atoms with van der Waals surface area (Å²) >= 11 is 0. The number of allylic oxidation sites excluding steroid dienone is 2. The quantitative estimate of drug-likeness (QED) is 0.607. The molecule has 1 fully saturated rings. The molecule has 0 saturated heterocycles. The van der Waals surface area contributed by atoms with Gasteiger partial charge < -0.3 is 0 Å². The van der Waals surface area contributed by atoms with Gasteiger partial charge in [0.05, 0.1) is 0 Å². The van der Waals surface area contributed by atoms with Crippen LogP contribution in [0.3, 0.4) is 0 Å². The van der Waals surface area contributed by atoms with E-state index in [1.807, 2.05) is 0 Å². The summed E-state index contributed by atoms with van der Waals surface area (Å²) in [5, 5.41) is 0. The van der Waals surface area contributed by atoms with E-state index in [2.05, 4.69) is 34.6 Å². The number of carbonyl (C=O) groups excluding carboxylic acids is 1. The lowest BCUT2D eigenvalue weighted by molar-refractivity contribution is -0.132. The molecule has 0 aromatic heterocycles. The second-order valence-corrected chi connectivity index (χ2v) is 6.53. The summed E-state index contributed by atoms with van der Waals surface area (Å²) in [5.41, 5.74) is 2.76. The molecule has 0 radical (unpaired) electrons. The van der Waals surface area contributed by atoms with Gasteiger partial charge in [0.1, 0.15) is 5.78 Å². The molecule has 0 heterocycles. The maximum absolute atomic E-state index is 12.7. The van der Waals surface area contributed by atoms with Crippen LogP contribution in [0.25, 0.3) is 0 Å². The molecule has 2 aliphatic rings. The topological polar surface area (TPSA) is 17.1 Å². The van der Waals surface area contributed by atoms with E-state index >= 15 is 0 Å². The van der Waals surface area contributed by atoms with Crippen molar-refractivity contribution in [3.05, 3.63) is 11.1 Å². The lowest BCUT2D eigenvalue weighted by Gasteiger charge is -2.29. The van der Waals surface area contributed by atoms with E-state index in [0.29, 0.717) is 11.7 Å². The Morgan fingerprint density at radius 2 is 1.75 bits per heavy atom. The van der Waals surface area contributed by atoms with Gasteiger partial charge in [0.2, 0.25) is 0 Å². The van der Waals surface area contributed by atoms with Crippen LogP contribution >= 0.6 is 0 Å². The molecule has 0 spiro atoms. The van der Waals surface area contributed by atoms with Crippen LogP contribution in [0.2, 0.25) is 0 Å². The van der Waals surface area contributed by atoms with Gasteiger partial charge in [0.25, 0.3) is 0 Å². The standard InChI is InChI=1S/C15H24O/c1-6-12-9-14(4)7-10(2)11(3)8-15(12,5)13(14)16/h12H,6-9H2,1-5H3/t12-,14-,15+/m1/s1. The Labute approximate surface area is 99.3 Å². The van der Waals surface area contributed by atoms with E-state index in [-0.39, 0.29) is 10.8 Å². The second kappa shape index (κ2) is 3.45. The predicted octanol–water partition coefficient (Wildman–Crippen LogP) is 4.13. The van der Waals surface area contributed by atoms with Crippen LogP contribution in [0.4, 0.5) is 0 Å². The smallest absolute Gasteiger partial charge is 0.145 e. The van der Waals surface area contributed by atoms with Gasteiger partial charge in [-0.2, -0.15) is 0 Å². The van der Waals surface area contributed by atoms with Crippen molar-refractivity contribution in [1.82, 2.24) is 0 Å². The van der Waals surface area contributed by atoms with Crippen LogP contribution in [0.15, 0.2) is 11.1 Å². The van der Waals surface area contributed by atoms with Crippen LogP contribution in [0.1, 0.15) is 60.3 Å². The van der Waals surface area contributed by atoms with Crippen molar-refractivity contribution in [3.63, 3.8) is 0 Å². The van der Waals surface area contributed by atoms with E-state index in [9.17, 15) is 4.79 Å².